The molecule has 5 nitrogen and oxygen atoms in total. The molecule has 1 aromatic carbocycles. The van der Waals surface area contributed by atoms with Gasteiger partial charge in [0.05, 0.1) is 5.52 Å². The van der Waals surface area contributed by atoms with Crippen molar-refractivity contribution in [1.82, 2.24) is 15.2 Å². The second kappa shape index (κ2) is 8.72. The maximum Gasteiger partial charge on any atom is 0.245 e. The number of hydrogen-bond acceptors (Lipinski definition) is 3. The van der Waals surface area contributed by atoms with Crippen molar-refractivity contribution in [3.63, 3.8) is 0 Å². The first-order valence-electron chi connectivity index (χ1n) is 10.6. The number of para-hydroxylation sites is 1. The maximum atomic E-state index is 12.9. The van der Waals surface area contributed by atoms with Gasteiger partial charge in [0.15, 0.2) is 0 Å². The Morgan fingerprint density at radius 1 is 1.07 bits per heavy atom. The van der Waals surface area contributed by atoms with Crippen LogP contribution in [0.1, 0.15) is 56.9 Å². The Morgan fingerprint density at radius 2 is 1.89 bits per heavy atom. The average molecular weight is 380 g/mol. The van der Waals surface area contributed by atoms with Gasteiger partial charge in [-0.2, -0.15) is 0 Å². The van der Waals surface area contributed by atoms with E-state index in [2.05, 4.69) is 10.3 Å². The highest BCUT2D eigenvalue weighted by Gasteiger charge is 2.34. The van der Waals surface area contributed by atoms with E-state index < -0.39 is 0 Å². The molecule has 0 spiro atoms. The standard InChI is InChI=1S/C23H29N3O2/c27-22(13-12-17-14-15-24-20-10-5-4-9-19(17)20)25-21-11-6-16-26(23(21)28)18-7-2-1-3-8-18/h4-5,9-10,14-15,18,21H,1-3,6-8,11-13,16H2,(H,25,27). The molecule has 1 saturated heterocycles. The molecule has 0 bridgehead atoms. The zero-order valence-corrected chi connectivity index (χ0v) is 16.4. The molecule has 0 radical (unpaired) electrons. The third kappa shape index (κ3) is 4.18. The molecule has 2 aromatic rings. The molecule has 2 heterocycles. The van der Waals surface area contributed by atoms with Crippen LogP contribution in [0.4, 0.5) is 0 Å². The number of carbonyl (C=O) groups is 2. The Morgan fingerprint density at radius 3 is 2.75 bits per heavy atom. The number of benzene rings is 1. The molecule has 28 heavy (non-hydrogen) atoms. The number of aryl methyl sites for hydroxylation is 1. The van der Waals surface area contributed by atoms with E-state index in [-0.39, 0.29) is 17.9 Å². The van der Waals surface area contributed by atoms with E-state index in [1.165, 1.54) is 19.3 Å². The van der Waals surface area contributed by atoms with Gasteiger partial charge >= 0.3 is 0 Å². The van der Waals surface area contributed by atoms with Gasteiger partial charge in [0, 0.05) is 30.6 Å². The van der Waals surface area contributed by atoms with Gasteiger partial charge in [-0.25, -0.2) is 0 Å². The molecule has 2 fully saturated rings. The van der Waals surface area contributed by atoms with Crippen molar-refractivity contribution < 1.29 is 9.59 Å². The molecule has 5 heteroatoms. The van der Waals surface area contributed by atoms with Crippen LogP contribution in [0.25, 0.3) is 10.9 Å². The third-order valence-electron chi connectivity index (χ3n) is 6.18. The van der Waals surface area contributed by atoms with Crippen molar-refractivity contribution >= 4 is 22.7 Å². The first kappa shape index (κ1) is 18.9. The molecule has 2 amide bonds. The Labute approximate surface area is 166 Å². The quantitative estimate of drug-likeness (QED) is 0.863. The van der Waals surface area contributed by atoms with Crippen molar-refractivity contribution in [3.05, 3.63) is 42.1 Å². The van der Waals surface area contributed by atoms with Crippen LogP contribution < -0.4 is 5.32 Å². The van der Waals surface area contributed by atoms with Crippen molar-refractivity contribution in [2.24, 2.45) is 0 Å². The number of fused-ring (bicyclic) bond motifs is 1. The lowest BCUT2D eigenvalue weighted by molar-refractivity contribution is -0.141. The molecular formula is C23H29N3O2. The molecule has 1 unspecified atom stereocenters. The van der Waals surface area contributed by atoms with Gasteiger partial charge in [-0.05, 0) is 49.8 Å². The normalized spacial score (nSPS) is 21.1. The predicted octanol–water partition coefficient (Wildman–Crippen LogP) is 3.61. The molecule has 1 atom stereocenters. The molecular weight excluding hydrogens is 350 g/mol. The van der Waals surface area contributed by atoms with Crippen LogP contribution in [0.2, 0.25) is 0 Å². The number of hydrogen-bond donors (Lipinski definition) is 1. The van der Waals surface area contributed by atoms with Crippen molar-refractivity contribution in [2.45, 2.75) is 69.9 Å². The Hall–Kier alpha value is -2.43. The van der Waals surface area contributed by atoms with E-state index in [0.29, 0.717) is 18.9 Å². The minimum absolute atomic E-state index is 0.0373. The van der Waals surface area contributed by atoms with E-state index in [1.54, 1.807) is 6.20 Å². The van der Waals surface area contributed by atoms with E-state index in [0.717, 1.165) is 48.7 Å². The van der Waals surface area contributed by atoms with E-state index in [9.17, 15) is 9.59 Å². The summed E-state index contributed by atoms with van der Waals surface area (Å²) in [5.74, 6) is 0.0885. The summed E-state index contributed by atoms with van der Waals surface area (Å²) in [7, 11) is 0. The van der Waals surface area contributed by atoms with Crippen LogP contribution >= 0.6 is 0 Å². The van der Waals surface area contributed by atoms with Gasteiger partial charge in [0.1, 0.15) is 6.04 Å². The van der Waals surface area contributed by atoms with E-state index in [1.807, 2.05) is 35.2 Å². The van der Waals surface area contributed by atoms with Crippen LogP contribution in [-0.4, -0.2) is 40.3 Å². The molecule has 1 aromatic heterocycles. The molecule has 1 aliphatic carbocycles. The van der Waals surface area contributed by atoms with Crippen molar-refractivity contribution in [3.8, 4) is 0 Å². The number of nitrogens with zero attached hydrogens (tertiary/aromatic N) is 2. The number of piperidine rings is 1. The summed E-state index contributed by atoms with van der Waals surface area (Å²) in [5, 5.41) is 4.10. The summed E-state index contributed by atoms with van der Waals surface area (Å²) in [6.45, 7) is 0.846. The predicted molar refractivity (Wildman–Crippen MR) is 110 cm³/mol. The smallest absolute Gasteiger partial charge is 0.245 e. The summed E-state index contributed by atoms with van der Waals surface area (Å²) in [5.41, 5.74) is 2.07. The van der Waals surface area contributed by atoms with Gasteiger partial charge in [0.25, 0.3) is 0 Å². The highest BCUT2D eigenvalue weighted by Crippen LogP contribution is 2.26. The highest BCUT2D eigenvalue weighted by atomic mass is 16.2. The summed E-state index contributed by atoms with van der Waals surface area (Å²) < 4.78 is 0. The second-order valence-electron chi connectivity index (χ2n) is 8.07. The maximum absolute atomic E-state index is 12.9. The number of carbonyl (C=O) groups excluding carboxylic acids is 2. The molecule has 148 valence electrons. The van der Waals surface area contributed by atoms with Crippen LogP contribution in [0.15, 0.2) is 36.5 Å². The molecule has 1 saturated carbocycles. The summed E-state index contributed by atoms with van der Waals surface area (Å²) in [6.07, 6.45) is 10.5. The van der Waals surface area contributed by atoms with Gasteiger partial charge < -0.3 is 10.2 Å². The van der Waals surface area contributed by atoms with Crippen LogP contribution in [-0.2, 0) is 16.0 Å². The Kier molecular flexibility index (Phi) is 5.89. The summed E-state index contributed by atoms with van der Waals surface area (Å²) in [6, 6.07) is 10.0. The topological polar surface area (TPSA) is 62.3 Å². The largest absolute Gasteiger partial charge is 0.344 e. The van der Waals surface area contributed by atoms with Crippen LogP contribution in [0.3, 0.4) is 0 Å². The van der Waals surface area contributed by atoms with E-state index in [4.69, 9.17) is 0 Å². The van der Waals surface area contributed by atoms with Gasteiger partial charge in [-0.1, -0.05) is 37.5 Å². The second-order valence-corrected chi connectivity index (χ2v) is 8.07. The van der Waals surface area contributed by atoms with Crippen LogP contribution in [0.5, 0.6) is 0 Å². The van der Waals surface area contributed by atoms with E-state index >= 15 is 0 Å². The lowest BCUT2D eigenvalue weighted by atomic mass is 9.91. The van der Waals surface area contributed by atoms with Crippen molar-refractivity contribution in [2.75, 3.05) is 6.54 Å². The fourth-order valence-electron chi connectivity index (χ4n) is 4.68. The number of nitrogens with one attached hydrogen (secondary N) is 1. The van der Waals surface area contributed by atoms with Gasteiger partial charge in [0.2, 0.25) is 11.8 Å². The van der Waals surface area contributed by atoms with Gasteiger partial charge in [-0.3, -0.25) is 14.6 Å². The zero-order chi connectivity index (χ0) is 19.3. The minimum Gasteiger partial charge on any atom is -0.344 e. The summed E-state index contributed by atoms with van der Waals surface area (Å²) >= 11 is 0. The molecule has 2 aliphatic rings. The molecule has 4 rings (SSSR count). The van der Waals surface area contributed by atoms with Gasteiger partial charge in [-0.15, -0.1) is 0 Å². The number of likely N-dealkylation sites (tertiary alicyclic amines) is 1. The van der Waals surface area contributed by atoms with Crippen LogP contribution in [0, 0.1) is 0 Å². The number of pyridine rings is 1. The minimum atomic E-state index is -0.350. The number of amides is 2. The zero-order valence-electron chi connectivity index (χ0n) is 16.4. The average Bonchev–Trinajstić information content (AvgIpc) is 2.74. The molecule has 1 aliphatic heterocycles. The summed E-state index contributed by atoms with van der Waals surface area (Å²) in [4.78, 5) is 31.9. The Balaban J connectivity index is 1.34. The molecule has 1 N–H and O–H groups in total. The third-order valence-corrected chi connectivity index (χ3v) is 6.18. The lowest BCUT2D eigenvalue weighted by Crippen LogP contribution is -2.55. The highest BCUT2D eigenvalue weighted by molar-refractivity contribution is 5.89. The fraction of sp³-hybridized carbons (Fsp3) is 0.522. The van der Waals surface area contributed by atoms with Crippen molar-refractivity contribution in [1.29, 1.82) is 0 Å². The SMILES string of the molecule is O=C(CCc1ccnc2ccccc12)NC1CCCN(C2CCCCC2)C1=O. The Bertz CT molecular complexity index is 839. The first-order chi connectivity index (χ1) is 13.7. The fourth-order valence-corrected chi connectivity index (χ4v) is 4.68. The lowest BCUT2D eigenvalue weighted by Gasteiger charge is -2.40. The number of rotatable bonds is 5. The first-order valence-corrected chi connectivity index (χ1v) is 10.6. The monoisotopic (exact) mass is 379 g/mol. The number of aromatic nitrogens is 1.